The molecule has 1 aromatic carbocycles. The second-order valence-electron chi connectivity index (χ2n) is 7.97. The first kappa shape index (κ1) is 19.3. The molecule has 0 bridgehead atoms. The number of hydrogen-bond acceptors (Lipinski definition) is 4. The van der Waals surface area contributed by atoms with Gasteiger partial charge >= 0.3 is 0 Å². The molecule has 0 radical (unpaired) electrons. The maximum Gasteiger partial charge on any atom is 0.149 e. The number of aromatic nitrogens is 2. The van der Waals surface area contributed by atoms with Crippen LogP contribution in [0.1, 0.15) is 32.2 Å². The van der Waals surface area contributed by atoms with E-state index < -0.39 is 0 Å². The number of hydrogen-bond donors (Lipinski definition) is 2. The van der Waals surface area contributed by atoms with E-state index in [1.165, 1.54) is 5.69 Å². The number of benzene rings is 1. The molecular weight excluding hydrogens is 358 g/mol. The lowest BCUT2D eigenvalue weighted by Gasteiger charge is -2.33. The van der Waals surface area contributed by atoms with Crippen molar-refractivity contribution in [1.82, 2.24) is 14.9 Å². The van der Waals surface area contributed by atoms with Crippen molar-refractivity contribution < 1.29 is 0 Å². The Hall–Kier alpha value is -3.05. The third-order valence-corrected chi connectivity index (χ3v) is 5.54. The minimum Gasteiger partial charge on any atom is -0.369 e. The molecule has 2 aromatic rings. The molecule has 3 heterocycles. The highest BCUT2D eigenvalue weighted by Gasteiger charge is 2.16. The first-order valence-electron chi connectivity index (χ1n) is 10.1. The van der Waals surface area contributed by atoms with Crippen molar-refractivity contribution in [3.8, 4) is 0 Å². The molecular formula is C24H29N5. The second kappa shape index (κ2) is 7.76. The van der Waals surface area contributed by atoms with E-state index in [9.17, 15) is 0 Å². The van der Waals surface area contributed by atoms with Crippen LogP contribution in [0, 0.1) is 0 Å². The fraction of sp³-hybridized carbons (Fsp3) is 0.292. The lowest BCUT2D eigenvalue weighted by atomic mass is 10.1. The van der Waals surface area contributed by atoms with Crippen molar-refractivity contribution in [2.45, 2.75) is 26.8 Å². The Kier molecular flexibility index (Phi) is 5.16. The molecule has 1 saturated heterocycles. The van der Waals surface area contributed by atoms with Gasteiger partial charge in [-0.15, -0.1) is 0 Å². The van der Waals surface area contributed by atoms with E-state index in [1.54, 1.807) is 0 Å². The van der Waals surface area contributed by atoms with E-state index in [-0.39, 0.29) is 0 Å². The van der Waals surface area contributed by atoms with Crippen LogP contribution in [0.5, 0.6) is 0 Å². The molecule has 1 fully saturated rings. The maximum absolute atomic E-state index is 4.75. The van der Waals surface area contributed by atoms with Gasteiger partial charge in [0.1, 0.15) is 11.6 Å². The molecule has 2 aliphatic rings. The van der Waals surface area contributed by atoms with E-state index >= 15 is 0 Å². The normalized spacial score (nSPS) is 19.2. The smallest absolute Gasteiger partial charge is 0.149 e. The van der Waals surface area contributed by atoms with Crippen LogP contribution >= 0.6 is 0 Å². The number of nitrogens with zero attached hydrogens (tertiary/aromatic N) is 3. The average Bonchev–Trinajstić information content (AvgIpc) is 3.06. The molecule has 0 saturated carbocycles. The third kappa shape index (κ3) is 4.05. The quantitative estimate of drug-likeness (QED) is 0.805. The number of piperazine rings is 1. The maximum atomic E-state index is 4.75. The van der Waals surface area contributed by atoms with E-state index in [1.807, 2.05) is 10.8 Å². The molecule has 0 unspecified atom stereocenters. The van der Waals surface area contributed by atoms with Gasteiger partial charge in [0.25, 0.3) is 0 Å². The first-order chi connectivity index (χ1) is 13.9. The van der Waals surface area contributed by atoms with E-state index in [4.69, 9.17) is 4.98 Å². The van der Waals surface area contributed by atoms with Crippen LogP contribution in [0.3, 0.4) is 0 Å². The van der Waals surface area contributed by atoms with Crippen LogP contribution in [-0.4, -0.2) is 35.2 Å². The second-order valence-corrected chi connectivity index (χ2v) is 7.97. The molecule has 150 valence electrons. The van der Waals surface area contributed by atoms with Crippen LogP contribution in [0.25, 0.3) is 17.5 Å². The lowest BCUT2D eigenvalue weighted by Crippen LogP contribution is -2.49. The van der Waals surface area contributed by atoms with Gasteiger partial charge < -0.3 is 20.1 Å². The Bertz CT molecular complexity index is 1010. The van der Waals surface area contributed by atoms with Gasteiger partial charge in [0.05, 0.1) is 6.20 Å². The third-order valence-electron chi connectivity index (χ3n) is 5.54. The van der Waals surface area contributed by atoms with Crippen LogP contribution in [0.4, 0.5) is 11.5 Å². The van der Waals surface area contributed by atoms with Crippen molar-refractivity contribution in [2.24, 2.45) is 0 Å². The van der Waals surface area contributed by atoms with Gasteiger partial charge in [-0.25, -0.2) is 4.98 Å². The Labute approximate surface area is 173 Å². The van der Waals surface area contributed by atoms with Crippen LogP contribution in [0.2, 0.25) is 0 Å². The summed E-state index contributed by atoms with van der Waals surface area (Å²) in [6, 6.07) is 9.11. The summed E-state index contributed by atoms with van der Waals surface area (Å²) in [4.78, 5) is 7.17. The molecule has 0 amide bonds. The SMILES string of the molecule is C=C1C=C(C)c2nc(NC(=C)c3ccc(N4CCN[C@@H](C)C4)cc3)cn2C=C1C. The summed E-state index contributed by atoms with van der Waals surface area (Å²) < 4.78 is 2.05. The molecule has 5 heteroatoms. The molecule has 5 nitrogen and oxygen atoms in total. The predicted molar refractivity (Wildman–Crippen MR) is 124 cm³/mol. The summed E-state index contributed by atoms with van der Waals surface area (Å²) in [5, 5.41) is 6.84. The van der Waals surface area contributed by atoms with Crippen LogP contribution < -0.4 is 15.5 Å². The van der Waals surface area contributed by atoms with Gasteiger partial charge in [-0.3, -0.25) is 0 Å². The minimum absolute atomic E-state index is 0.517. The zero-order chi connectivity index (χ0) is 20.5. The summed E-state index contributed by atoms with van der Waals surface area (Å²) in [5.41, 5.74) is 6.40. The Morgan fingerprint density at radius 1 is 1.21 bits per heavy atom. The van der Waals surface area contributed by atoms with E-state index in [0.717, 1.165) is 59.3 Å². The summed E-state index contributed by atoms with van der Waals surface area (Å²) in [6.45, 7) is 17.8. The van der Waals surface area contributed by atoms with E-state index in [2.05, 4.69) is 86.0 Å². The zero-order valence-electron chi connectivity index (χ0n) is 17.5. The molecule has 0 aliphatic carbocycles. The zero-order valence-corrected chi connectivity index (χ0v) is 17.5. The largest absolute Gasteiger partial charge is 0.369 e. The topological polar surface area (TPSA) is 45.1 Å². The molecule has 4 rings (SSSR count). The number of allylic oxidation sites excluding steroid dienone is 4. The summed E-state index contributed by atoms with van der Waals surface area (Å²) in [5.74, 6) is 1.70. The highest BCUT2D eigenvalue weighted by molar-refractivity contribution is 5.77. The van der Waals surface area contributed by atoms with Gasteiger partial charge in [-0.2, -0.15) is 0 Å². The number of nitrogens with one attached hydrogen (secondary N) is 2. The van der Waals surface area contributed by atoms with Crippen molar-refractivity contribution >= 4 is 29.0 Å². The number of anilines is 2. The standard InChI is InChI=1S/C24H29N5/c1-16-12-17(2)24-27-23(15-29(24)13-18(16)3)26-20(5)21-6-8-22(9-7-21)28-11-10-25-19(4)14-28/h6-9,12-13,15,19,25-26H,1,5,10-11,14H2,2-4H3/t19-/m0/s1. The highest BCUT2D eigenvalue weighted by Crippen LogP contribution is 2.27. The Morgan fingerprint density at radius 3 is 2.69 bits per heavy atom. The molecule has 29 heavy (non-hydrogen) atoms. The summed E-state index contributed by atoms with van der Waals surface area (Å²) >= 11 is 0. The molecule has 1 atom stereocenters. The molecule has 0 spiro atoms. The average molecular weight is 388 g/mol. The van der Waals surface area contributed by atoms with Crippen molar-refractivity contribution in [2.75, 3.05) is 29.9 Å². The van der Waals surface area contributed by atoms with Gasteiger partial charge in [0.2, 0.25) is 0 Å². The number of rotatable bonds is 4. The Balaban J connectivity index is 1.49. The molecule has 2 N–H and O–H groups in total. The molecule has 1 aromatic heterocycles. The van der Waals surface area contributed by atoms with Gasteiger partial charge in [0, 0.05) is 43.3 Å². The predicted octanol–water partition coefficient (Wildman–Crippen LogP) is 4.60. The summed E-state index contributed by atoms with van der Waals surface area (Å²) in [6.07, 6.45) is 6.14. The molecule has 2 aliphatic heterocycles. The van der Waals surface area contributed by atoms with Crippen LogP contribution in [-0.2, 0) is 0 Å². The first-order valence-corrected chi connectivity index (χ1v) is 10.1. The monoisotopic (exact) mass is 387 g/mol. The van der Waals surface area contributed by atoms with Crippen molar-refractivity contribution in [1.29, 1.82) is 0 Å². The van der Waals surface area contributed by atoms with Crippen LogP contribution in [0.15, 0.2) is 60.8 Å². The van der Waals surface area contributed by atoms with Crippen molar-refractivity contribution in [3.05, 3.63) is 72.2 Å². The summed E-state index contributed by atoms with van der Waals surface area (Å²) in [7, 11) is 0. The Morgan fingerprint density at radius 2 is 1.97 bits per heavy atom. The van der Waals surface area contributed by atoms with E-state index in [0.29, 0.717) is 6.04 Å². The van der Waals surface area contributed by atoms with Gasteiger partial charge in [0.15, 0.2) is 0 Å². The van der Waals surface area contributed by atoms with Gasteiger partial charge in [-0.05, 0) is 61.3 Å². The fourth-order valence-electron chi connectivity index (χ4n) is 3.84. The fourth-order valence-corrected chi connectivity index (χ4v) is 3.84. The number of fused-ring (bicyclic) bond motifs is 1. The van der Waals surface area contributed by atoms with Gasteiger partial charge in [-0.1, -0.05) is 25.3 Å². The highest BCUT2D eigenvalue weighted by atomic mass is 15.2. The minimum atomic E-state index is 0.517. The lowest BCUT2D eigenvalue weighted by molar-refractivity contribution is 0.485. The number of imidazole rings is 1. The van der Waals surface area contributed by atoms with Crippen molar-refractivity contribution in [3.63, 3.8) is 0 Å².